The van der Waals surface area contributed by atoms with Crippen LogP contribution in [0.15, 0.2) is 60.7 Å². The molecule has 2 aromatic carbocycles. The van der Waals surface area contributed by atoms with Gasteiger partial charge in [0.2, 0.25) is 0 Å². The average molecular weight is 263 g/mol. The molecule has 2 nitrogen and oxygen atoms in total. The maximum atomic E-state index is 11.8. The van der Waals surface area contributed by atoms with E-state index in [1.807, 2.05) is 37.3 Å². The van der Waals surface area contributed by atoms with Crippen LogP contribution < -0.4 is 0 Å². The maximum absolute atomic E-state index is 11.8. The lowest BCUT2D eigenvalue weighted by Crippen LogP contribution is -2.14. The van der Waals surface area contributed by atoms with Crippen molar-refractivity contribution in [1.29, 1.82) is 0 Å². The summed E-state index contributed by atoms with van der Waals surface area (Å²) < 4.78 is 2.13. The molecule has 0 bridgehead atoms. The predicted octanol–water partition coefficient (Wildman–Crippen LogP) is 4.46. The van der Waals surface area contributed by atoms with Gasteiger partial charge >= 0.3 is 0 Å². The molecule has 0 aliphatic rings. The Labute approximate surface area is 118 Å². The topological polar surface area (TPSA) is 22.0 Å². The summed E-state index contributed by atoms with van der Waals surface area (Å²) in [5.74, 6) is 0.170. The first-order chi connectivity index (χ1) is 9.68. The number of ketones is 1. The zero-order valence-corrected chi connectivity index (χ0v) is 11.7. The third-order valence-electron chi connectivity index (χ3n) is 3.79. The number of carbonyl (C=O) groups excluding carboxylic acids is 1. The quantitative estimate of drug-likeness (QED) is 0.684. The van der Waals surface area contributed by atoms with Crippen LogP contribution in [0.1, 0.15) is 19.9 Å². The first-order valence-corrected chi connectivity index (χ1v) is 6.84. The van der Waals surface area contributed by atoms with Crippen LogP contribution in [0.2, 0.25) is 0 Å². The molecule has 0 amide bonds. The van der Waals surface area contributed by atoms with Gasteiger partial charge in [-0.2, -0.15) is 0 Å². The number of nitrogens with zero attached hydrogens (tertiary/aromatic N) is 1. The van der Waals surface area contributed by atoms with Gasteiger partial charge in [-0.25, -0.2) is 0 Å². The first-order valence-electron chi connectivity index (χ1n) is 6.84. The summed E-state index contributed by atoms with van der Waals surface area (Å²) in [6.45, 7) is 3.61. The first kappa shape index (κ1) is 12.7. The second-order valence-electron chi connectivity index (χ2n) is 5.11. The number of benzene rings is 2. The van der Waals surface area contributed by atoms with Crippen molar-refractivity contribution in [3.05, 3.63) is 60.7 Å². The minimum atomic E-state index is -0.162. The number of para-hydroxylation sites is 1. The van der Waals surface area contributed by atoms with Crippen LogP contribution in [0.5, 0.6) is 0 Å². The van der Waals surface area contributed by atoms with Crippen molar-refractivity contribution in [3.8, 4) is 11.3 Å². The van der Waals surface area contributed by atoms with E-state index in [1.54, 1.807) is 6.92 Å². The van der Waals surface area contributed by atoms with Crippen LogP contribution in [0.3, 0.4) is 0 Å². The van der Waals surface area contributed by atoms with Gasteiger partial charge in [-0.1, -0.05) is 48.5 Å². The van der Waals surface area contributed by atoms with Gasteiger partial charge in [-0.3, -0.25) is 4.79 Å². The maximum Gasteiger partial charge on any atom is 0.152 e. The number of hydrogen-bond acceptors (Lipinski definition) is 1. The largest absolute Gasteiger partial charge is 0.330 e. The van der Waals surface area contributed by atoms with E-state index in [4.69, 9.17) is 0 Å². The highest BCUT2D eigenvalue weighted by Gasteiger charge is 2.17. The molecular weight excluding hydrogens is 246 g/mol. The van der Waals surface area contributed by atoms with Crippen LogP contribution in [0.4, 0.5) is 0 Å². The molecule has 0 aliphatic carbocycles. The van der Waals surface area contributed by atoms with Crippen molar-refractivity contribution in [2.24, 2.45) is 0 Å². The van der Waals surface area contributed by atoms with Gasteiger partial charge in [0, 0.05) is 16.6 Å². The lowest BCUT2D eigenvalue weighted by molar-refractivity contribution is -0.119. The van der Waals surface area contributed by atoms with Crippen molar-refractivity contribution in [2.75, 3.05) is 0 Å². The van der Waals surface area contributed by atoms with Crippen molar-refractivity contribution in [1.82, 2.24) is 4.57 Å². The molecule has 0 radical (unpaired) electrons. The van der Waals surface area contributed by atoms with E-state index in [0.29, 0.717) is 0 Å². The van der Waals surface area contributed by atoms with E-state index in [0.717, 1.165) is 16.8 Å². The van der Waals surface area contributed by atoms with Gasteiger partial charge in [-0.15, -0.1) is 0 Å². The monoisotopic (exact) mass is 263 g/mol. The number of carbonyl (C=O) groups is 1. The summed E-state index contributed by atoms with van der Waals surface area (Å²) in [5, 5.41) is 1.17. The molecule has 0 saturated carbocycles. The fraction of sp³-hybridized carbons (Fsp3) is 0.167. The van der Waals surface area contributed by atoms with Crippen molar-refractivity contribution in [3.63, 3.8) is 0 Å². The Kier molecular flexibility index (Phi) is 3.15. The Morgan fingerprint density at radius 2 is 1.65 bits per heavy atom. The van der Waals surface area contributed by atoms with Crippen molar-refractivity contribution < 1.29 is 4.79 Å². The molecule has 100 valence electrons. The summed E-state index contributed by atoms with van der Waals surface area (Å²) in [7, 11) is 0. The molecule has 0 aliphatic heterocycles. The Hall–Kier alpha value is -2.35. The smallest absolute Gasteiger partial charge is 0.152 e. The summed E-state index contributed by atoms with van der Waals surface area (Å²) in [5.41, 5.74) is 3.33. The zero-order chi connectivity index (χ0) is 14.1. The number of fused-ring (bicyclic) bond motifs is 1. The highest BCUT2D eigenvalue weighted by Crippen LogP contribution is 2.31. The summed E-state index contributed by atoms with van der Waals surface area (Å²) >= 11 is 0. The number of aromatic nitrogens is 1. The molecule has 1 unspecified atom stereocenters. The number of Topliss-reactive ketones (excluding diaryl/α,β-unsaturated/α-hetero) is 1. The predicted molar refractivity (Wildman–Crippen MR) is 82.8 cm³/mol. The Morgan fingerprint density at radius 1 is 1.00 bits per heavy atom. The van der Waals surface area contributed by atoms with E-state index < -0.39 is 0 Å². The van der Waals surface area contributed by atoms with Gasteiger partial charge in [0.1, 0.15) is 0 Å². The fourth-order valence-corrected chi connectivity index (χ4v) is 2.61. The lowest BCUT2D eigenvalue weighted by Gasteiger charge is -2.16. The van der Waals surface area contributed by atoms with Crippen LogP contribution >= 0.6 is 0 Å². The van der Waals surface area contributed by atoms with Crippen LogP contribution in [0, 0.1) is 0 Å². The molecule has 20 heavy (non-hydrogen) atoms. The van der Waals surface area contributed by atoms with Crippen LogP contribution in [-0.4, -0.2) is 10.4 Å². The Bertz CT molecular complexity index is 755. The minimum Gasteiger partial charge on any atom is -0.330 e. The zero-order valence-electron chi connectivity index (χ0n) is 11.7. The standard InChI is InChI=1S/C18H17NO/c1-13(14(2)20)19-17-11-7-6-10-16(17)12-18(19)15-8-4-3-5-9-15/h3-13H,1-2H3. The summed E-state index contributed by atoms with van der Waals surface area (Å²) in [6.07, 6.45) is 0. The molecule has 0 spiro atoms. The van der Waals surface area contributed by atoms with Gasteiger partial charge in [0.25, 0.3) is 0 Å². The normalized spacial score (nSPS) is 12.5. The molecular formula is C18H17NO. The second kappa shape index (κ2) is 4.97. The van der Waals surface area contributed by atoms with E-state index >= 15 is 0 Å². The molecule has 3 aromatic rings. The fourth-order valence-electron chi connectivity index (χ4n) is 2.61. The van der Waals surface area contributed by atoms with Gasteiger partial charge in [0.05, 0.1) is 6.04 Å². The van der Waals surface area contributed by atoms with Gasteiger partial charge < -0.3 is 4.57 Å². The van der Waals surface area contributed by atoms with E-state index in [1.165, 1.54) is 5.39 Å². The Morgan fingerprint density at radius 3 is 2.35 bits per heavy atom. The van der Waals surface area contributed by atoms with Crippen molar-refractivity contribution in [2.45, 2.75) is 19.9 Å². The molecule has 1 aromatic heterocycles. The lowest BCUT2D eigenvalue weighted by atomic mass is 10.1. The molecule has 0 N–H and O–H groups in total. The number of rotatable bonds is 3. The molecule has 0 saturated heterocycles. The minimum absolute atomic E-state index is 0.162. The van der Waals surface area contributed by atoms with Crippen LogP contribution in [0.25, 0.3) is 22.2 Å². The molecule has 0 fully saturated rings. The van der Waals surface area contributed by atoms with E-state index in [2.05, 4.69) is 34.9 Å². The molecule has 3 rings (SSSR count). The van der Waals surface area contributed by atoms with E-state index in [-0.39, 0.29) is 11.8 Å². The molecule has 1 heterocycles. The number of hydrogen-bond donors (Lipinski definition) is 0. The summed E-state index contributed by atoms with van der Waals surface area (Å²) in [4.78, 5) is 11.8. The van der Waals surface area contributed by atoms with E-state index in [9.17, 15) is 4.79 Å². The average Bonchev–Trinajstić information content (AvgIpc) is 2.86. The highest BCUT2D eigenvalue weighted by atomic mass is 16.1. The van der Waals surface area contributed by atoms with Gasteiger partial charge in [-0.05, 0) is 31.5 Å². The SMILES string of the molecule is CC(=O)C(C)n1c(-c2ccccc2)cc2ccccc21. The van der Waals surface area contributed by atoms with Crippen molar-refractivity contribution >= 4 is 16.7 Å². The second-order valence-corrected chi connectivity index (χ2v) is 5.11. The van der Waals surface area contributed by atoms with Gasteiger partial charge in [0.15, 0.2) is 5.78 Å². The summed E-state index contributed by atoms with van der Waals surface area (Å²) in [6, 6.07) is 20.4. The van der Waals surface area contributed by atoms with Crippen LogP contribution in [-0.2, 0) is 4.79 Å². The molecule has 2 heteroatoms. The highest BCUT2D eigenvalue weighted by molar-refractivity contribution is 5.90. The Balaban J connectivity index is 2.31. The third kappa shape index (κ3) is 2.03. The third-order valence-corrected chi connectivity index (χ3v) is 3.79. The molecule has 1 atom stereocenters.